The molecule has 2 aromatic carbocycles. The normalized spacial score (nSPS) is 10.4. The topological polar surface area (TPSA) is 74.6 Å². The van der Waals surface area contributed by atoms with Crippen LogP contribution < -0.4 is 19.5 Å². The van der Waals surface area contributed by atoms with Gasteiger partial charge < -0.3 is 24.1 Å². The first kappa shape index (κ1) is 19.3. The molecule has 7 nitrogen and oxygen atoms in total. The minimum Gasteiger partial charge on any atom is -0.493 e. The summed E-state index contributed by atoms with van der Waals surface area (Å²) in [5.41, 5.74) is 2.66. The maximum Gasteiger partial charge on any atom is 0.224 e. The molecule has 0 atom stereocenters. The molecule has 0 radical (unpaired) electrons. The number of hydrogen-bond acceptors (Lipinski definition) is 5. The summed E-state index contributed by atoms with van der Waals surface area (Å²) in [6.07, 6.45) is 6.20. The summed E-state index contributed by atoms with van der Waals surface area (Å²) in [4.78, 5) is 16.3. The molecule has 7 heteroatoms. The van der Waals surface area contributed by atoms with Crippen LogP contribution in [0, 0.1) is 0 Å². The van der Waals surface area contributed by atoms with Gasteiger partial charge in [0, 0.05) is 30.2 Å². The summed E-state index contributed by atoms with van der Waals surface area (Å²) in [5.74, 6) is 1.63. The number of rotatable bonds is 8. The van der Waals surface area contributed by atoms with Crippen molar-refractivity contribution < 1.29 is 19.0 Å². The second-order valence-corrected chi connectivity index (χ2v) is 6.10. The van der Waals surface area contributed by atoms with Gasteiger partial charge in [0.15, 0.2) is 11.5 Å². The molecule has 0 saturated heterocycles. The van der Waals surface area contributed by atoms with E-state index in [1.54, 1.807) is 33.9 Å². The highest BCUT2D eigenvalue weighted by Gasteiger charge is 2.14. The van der Waals surface area contributed by atoms with Gasteiger partial charge in [0.25, 0.3) is 0 Å². The Morgan fingerprint density at radius 3 is 2.25 bits per heavy atom. The Bertz CT molecular complexity index is 896. The third-order valence-electron chi connectivity index (χ3n) is 4.32. The first-order chi connectivity index (χ1) is 13.6. The van der Waals surface area contributed by atoms with Crippen LogP contribution in [-0.2, 0) is 11.2 Å². The summed E-state index contributed by atoms with van der Waals surface area (Å²) in [6, 6.07) is 11.3. The predicted molar refractivity (Wildman–Crippen MR) is 107 cm³/mol. The van der Waals surface area contributed by atoms with Crippen molar-refractivity contribution in [3.63, 3.8) is 0 Å². The number of nitrogens with zero attached hydrogens (tertiary/aromatic N) is 2. The standard InChI is InChI=1S/C21H23N3O4/c1-26-18-12-15(13-19(27-2)21(18)28-3)4-9-20(25)23-16-5-7-17(8-6-16)24-11-10-22-14-24/h5-8,10-14H,4,9H2,1-3H3,(H,23,25). The average molecular weight is 381 g/mol. The van der Waals surface area contributed by atoms with Gasteiger partial charge in [-0.2, -0.15) is 0 Å². The lowest BCUT2D eigenvalue weighted by molar-refractivity contribution is -0.116. The quantitative estimate of drug-likeness (QED) is 0.647. The molecule has 3 rings (SSSR count). The summed E-state index contributed by atoms with van der Waals surface area (Å²) < 4.78 is 17.9. The van der Waals surface area contributed by atoms with Crippen molar-refractivity contribution in [3.05, 3.63) is 60.7 Å². The Balaban J connectivity index is 1.61. The van der Waals surface area contributed by atoms with E-state index >= 15 is 0 Å². The number of carbonyl (C=O) groups excluding carboxylic acids is 1. The maximum atomic E-state index is 12.3. The first-order valence-corrected chi connectivity index (χ1v) is 8.81. The van der Waals surface area contributed by atoms with Crippen LogP contribution in [0.4, 0.5) is 5.69 Å². The Morgan fingerprint density at radius 1 is 1.04 bits per heavy atom. The average Bonchev–Trinajstić information content (AvgIpc) is 3.26. The van der Waals surface area contributed by atoms with Crippen molar-refractivity contribution in [2.24, 2.45) is 0 Å². The molecule has 28 heavy (non-hydrogen) atoms. The fraction of sp³-hybridized carbons (Fsp3) is 0.238. The number of benzene rings is 2. The highest BCUT2D eigenvalue weighted by Crippen LogP contribution is 2.38. The zero-order valence-corrected chi connectivity index (χ0v) is 16.1. The number of aromatic nitrogens is 2. The molecule has 1 heterocycles. The molecule has 0 aliphatic heterocycles. The molecule has 1 N–H and O–H groups in total. The zero-order chi connectivity index (χ0) is 19.9. The Kier molecular flexibility index (Phi) is 6.16. The maximum absolute atomic E-state index is 12.3. The van der Waals surface area contributed by atoms with Crippen LogP contribution in [0.1, 0.15) is 12.0 Å². The fourth-order valence-corrected chi connectivity index (χ4v) is 2.89. The van der Waals surface area contributed by atoms with E-state index in [1.807, 2.05) is 47.2 Å². The van der Waals surface area contributed by atoms with Gasteiger partial charge >= 0.3 is 0 Å². The van der Waals surface area contributed by atoms with Gasteiger partial charge in [-0.1, -0.05) is 0 Å². The number of imidazole rings is 1. The fourth-order valence-electron chi connectivity index (χ4n) is 2.89. The highest BCUT2D eigenvalue weighted by atomic mass is 16.5. The van der Waals surface area contributed by atoms with Crippen molar-refractivity contribution in [1.29, 1.82) is 0 Å². The van der Waals surface area contributed by atoms with Crippen LogP contribution >= 0.6 is 0 Å². The lowest BCUT2D eigenvalue weighted by Gasteiger charge is -2.14. The third-order valence-corrected chi connectivity index (χ3v) is 4.32. The van der Waals surface area contributed by atoms with Crippen molar-refractivity contribution in [2.45, 2.75) is 12.8 Å². The Hall–Kier alpha value is -3.48. The van der Waals surface area contributed by atoms with Crippen molar-refractivity contribution in [3.8, 4) is 22.9 Å². The number of carbonyl (C=O) groups is 1. The molecule has 0 bridgehead atoms. The number of amides is 1. The van der Waals surface area contributed by atoms with E-state index in [4.69, 9.17) is 14.2 Å². The molecule has 3 aromatic rings. The second kappa shape index (κ2) is 8.94. The lowest BCUT2D eigenvalue weighted by atomic mass is 10.1. The van der Waals surface area contributed by atoms with Gasteiger partial charge in [-0.05, 0) is 48.4 Å². The molecule has 0 unspecified atom stereocenters. The van der Waals surface area contributed by atoms with Crippen molar-refractivity contribution in [2.75, 3.05) is 26.6 Å². The number of nitrogens with one attached hydrogen (secondary N) is 1. The van der Waals surface area contributed by atoms with Gasteiger partial charge in [-0.25, -0.2) is 4.98 Å². The van der Waals surface area contributed by atoms with Crippen LogP contribution in [0.25, 0.3) is 5.69 Å². The number of hydrogen-bond donors (Lipinski definition) is 1. The third kappa shape index (κ3) is 4.43. The summed E-state index contributed by atoms with van der Waals surface area (Å²) in [7, 11) is 4.70. The second-order valence-electron chi connectivity index (χ2n) is 6.10. The van der Waals surface area contributed by atoms with Gasteiger partial charge in [0.1, 0.15) is 0 Å². The summed E-state index contributed by atoms with van der Waals surface area (Å²) >= 11 is 0. The van der Waals surface area contributed by atoms with Crippen molar-refractivity contribution in [1.82, 2.24) is 9.55 Å². The number of methoxy groups -OCH3 is 3. The molecule has 1 aromatic heterocycles. The first-order valence-electron chi connectivity index (χ1n) is 8.81. The molecular weight excluding hydrogens is 358 g/mol. The molecule has 0 saturated carbocycles. The van der Waals surface area contributed by atoms with Crippen LogP contribution in [-0.4, -0.2) is 36.8 Å². The van der Waals surface area contributed by atoms with Crippen LogP contribution in [0.5, 0.6) is 17.2 Å². The molecular formula is C21H23N3O4. The molecule has 0 spiro atoms. The zero-order valence-electron chi connectivity index (χ0n) is 16.1. The number of ether oxygens (including phenoxy) is 3. The Labute approximate surface area is 163 Å². The summed E-state index contributed by atoms with van der Waals surface area (Å²) in [5, 5.41) is 2.91. The van der Waals surface area contributed by atoms with Crippen molar-refractivity contribution >= 4 is 11.6 Å². The smallest absolute Gasteiger partial charge is 0.224 e. The van der Waals surface area contributed by atoms with Crippen LogP contribution in [0.2, 0.25) is 0 Å². The molecule has 146 valence electrons. The van der Waals surface area contributed by atoms with E-state index in [2.05, 4.69) is 10.3 Å². The predicted octanol–water partition coefficient (Wildman–Crippen LogP) is 3.47. The monoisotopic (exact) mass is 381 g/mol. The van der Waals surface area contributed by atoms with E-state index in [0.29, 0.717) is 30.1 Å². The molecule has 0 aliphatic carbocycles. The largest absolute Gasteiger partial charge is 0.493 e. The number of anilines is 1. The van der Waals surface area contributed by atoms with Gasteiger partial charge in [0.2, 0.25) is 11.7 Å². The van der Waals surface area contributed by atoms with E-state index in [1.165, 1.54) is 0 Å². The van der Waals surface area contributed by atoms with E-state index in [-0.39, 0.29) is 5.91 Å². The van der Waals surface area contributed by atoms with Gasteiger partial charge in [-0.15, -0.1) is 0 Å². The van der Waals surface area contributed by atoms with Gasteiger partial charge in [-0.3, -0.25) is 4.79 Å². The molecule has 0 aliphatic rings. The number of aryl methyl sites for hydroxylation is 1. The SMILES string of the molecule is COc1cc(CCC(=O)Nc2ccc(-n3ccnc3)cc2)cc(OC)c1OC. The Morgan fingerprint density at radius 2 is 1.71 bits per heavy atom. The summed E-state index contributed by atoms with van der Waals surface area (Å²) in [6.45, 7) is 0. The molecule has 0 fully saturated rings. The van der Waals surface area contributed by atoms with E-state index in [9.17, 15) is 4.79 Å². The van der Waals surface area contributed by atoms with Gasteiger partial charge in [0.05, 0.1) is 27.7 Å². The highest BCUT2D eigenvalue weighted by molar-refractivity contribution is 5.90. The molecule has 1 amide bonds. The van der Waals surface area contributed by atoms with E-state index in [0.717, 1.165) is 16.9 Å². The lowest BCUT2D eigenvalue weighted by Crippen LogP contribution is -2.12. The van der Waals surface area contributed by atoms with E-state index < -0.39 is 0 Å². The van der Waals surface area contributed by atoms with Crippen LogP contribution in [0.3, 0.4) is 0 Å². The minimum atomic E-state index is -0.0656. The minimum absolute atomic E-state index is 0.0656. The van der Waals surface area contributed by atoms with Crippen LogP contribution in [0.15, 0.2) is 55.1 Å².